The summed E-state index contributed by atoms with van der Waals surface area (Å²) in [6.07, 6.45) is 0. The molecule has 2 radical (unpaired) electrons. The van der Waals surface area contributed by atoms with E-state index in [4.69, 9.17) is 9.30 Å². The molecule has 5 aromatic rings. The van der Waals surface area contributed by atoms with Crippen LogP contribution in [0.25, 0.3) is 32.3 Å². The number of benzene rings is 3. The zero-order valence-electron chi connectivity index (χ0n) is 16.1. The average molecular weight is 494 g/mol. The smallest absolute Gasteiger partial charge is 0.0771 e. The molecule has 0 aromatic heterocycles. The molecule has 5 heteroatoms. The molecule has 0 unspecified atom stereocenters. The van der Waals surface area contributed by atoms with Crippen molar-refractivity contribution in [1.29, 1.82) is 0 Å². The molecule has 0 aliphatic carbocycles. The van der Waals surface area contributed by atoms with Crippen molar-refractivity contribution in [3.8, 4) is 0 Å². The molecule has 29 heavy (non-hydrogen) atoms. The molecule has 0 aliphatic heterocycles. The Morgan fingerprint density at radius 1 is 0.724 bits per heavy atom. The normalized spacial score (nSPS) is 8.66. The van der Waals surface area contributed by atoms with E-state index in [1.165, 1.54) is 32.3 Å². The van der Waals surface area contributed by atoms with Gasteiger partial charge >= 0.3 is 33.8 Å². The quantitative estimate of drug-likeness (QED) is 0.150. The van der Waals surface area contributed by atoms with Crippen molar-refractivity contribution in [3.63, 3.8) is 0 Å². The van der Waals surface area contributed by atoms with Crippen molar-refractivity contribution >= 4 is 74.1 Å². The van der Waals surface area contributed by atoms with E-state index >= 15 is 0 Å². The van der Waals surface area contributed by atoms with Crippen LogP contribution in [0.4, 0.5) is 0 Å². The molecule has 151 valence electrons. The van der Waals surface area contributed by atoms with Crippen LogP contribution in [-0.2, 0) is 16.8 Å². The van der Waals surface area contributed by atoms with Crippen molar-refractivity contribution in [2.75, 3.05) is 0 Å². The second-order valence-electron chi connectivity index (χ2n) is 5.57. The third kappa shape index (κ3) is 7.94. The topological polar surface area (TPSA) is 0 Å². The zero-order valence-corrected chi connectivity index (χ0v) is 21.1. The summed E-state index contributed by atoms with van der Waals surface area (Å²) in [5.41, 5.74) is 0. The monoisotopic (exact) mass is 492 g/mol. The molecular formula is C24H23Cl3SiTi-3. The maximum absolute atomic E-state index is 5.04. The van der Waals surface area contributed by atoms with Gasteiger partial charge in [-0.15, -0.1) is 94.2 Å². The summed E-state index contributed by atoms with van der Waals surface area (Å²) in [5.74, 6) is 0. The molecule has 0 heterocycles. The molecule has 0 spiro atoms. The number of halogens is 3. The van der Waals surface area contributed by atoms with Crippen molar-refractivity contribution in [3.05, 3.63) is 104 Å². The van der Waals surface area contributed by atoms with Gasteiger partial charge in [0.2, 0.25) is 0 Å². The molecule has 0 N–H and O–H groups in total. The van der Waals surface area contributed by atoms with Crippen LogP contribution in [0.1, 0.15) is 6.92 Å². The Balaban J connectivity index is 0.000000434. The fourth-order valence-electron chi connectivity index (χ4n) is 2.97. The molecule has 5 rings (SSSR count). The van der Waals surface area contributed by atoms with Crippen LogP contribution in [0.5, 0.6) is 0 Å². The fraction of sp³-hybridized carbons (Fsp3) is 0.0417. The third-order valence-corrected chi connectivity index (χ3v) is 4.07. The van der Waals surface area contributed by atoms with Gasteiger partial charge in [0, 0.05) is 0 Å². The second kappa shape index (κ2) is 15.7. The molecule has 0 aliphatic rings. The molecular weight excluding hydrogens is 471 g/mol. The van der Waals surface area contributed by atoms with E-state index in [9.17, 15) is 0 Å². The van der Waals surface area contributed by atoms with Gasteiger partial charge in [-0.3, -0.25) is 0 Å². The van der Waals surface area contributed by atoms with Crippen LogP contribution in [0.2, 0.25) is 0 Å². The average Bonchev–Trinajstić information content (AvgIpc) is 3.35. The van der Waals surface area contributed by atoms with E-state index < -0.39 is 0 Å². The maximum Gasteiger partial charge on any atom is -0.0771 e. The van der Waals surface area contributed by atoms with Crippen molar-refractivity contribution in [2.45, 2.75) is 6.92 Å². The molecule has 0 nitrogen and oxygen atoms in total. The van der Waals surface area contributed by atoms with Gasteiger partial charge in [0.1, 0.15) is 0 Å². The first-order chi connectivity index (χ1) is 13.3. The first-order valence-corrected chi connectivity index (χ1v) is 13.7. The first kappa shape index (κ1) is 27.9. The molecule has 0 saturated carbocycles. The minimum atomic E-state index is -0.222. The minimum absolute atomic E-state index is 0. The predicted molar refractivity (Wildman–Crippen MR) is 134 cm³/mol. The van der Waals surface area contributed by atoms with E-state index in [1.807, 2.05) is 0 Å². The van der Waals surface area contributed by atoms with Crippen LogP contribution in [-0.4, -0.2) is 7.63 Å². The first-order valence-electron chi connectivity index (χ1n) is 8.70. The Morgan fingerprint density at radius 2 is 1.14 bits per heavy atom. The van der Waals surface area contributed by atoms with Crippen molar-refractivity contribution in [2.24, 2.45) is 0 Å². The van der Waals surface area contributed by atoms with Crippen molar-refractivity contribution in [1.82, 2.24) is 0 Å². The SMILES string of the molecule is Cl.Cl.[CH2-]C.[Si]=[Ti][Cl].c1ccc2[cH-]ccc2c1.c1ccc2c(c1)[cH-]c1ccccc12. The van der Waals surface area contributed by atoms with E-state index in [0.717, 1.165) is 0 Å². The summed E-state index contributed by atoms with van der Waals surface area (Å²) in [4.78, 5) is 0. The molecule has 5 aromatic carbocycles. The molecule has 0 saturated heterocycles. The minimum Gasteiger partial charge on any atom is -0.168 e. The van der Waals surface area contributed by atoms with Gasteiger partial charge in [0.15, 0.2) is 0 Å². The fourth-order valence-corrected chi connectivity index (χ4v) is 2.97. The molecule has 0 amide bonds. The van der Waals surface area contributed by atoms with E-state index in [1.54, 1.807) is 6.92 Å². The molecule has 0 atom stereocenters. The second-order valence-corrected chi connectivity index (χ2v) is 8.98. The summed E-state index contributed by atoms with van der Waals surface area (Å²) in [5, 5.41) is 8.05. The van der Waals surface area contributed by atoms with Gasteiger partial charge in [0.25, 0.3) is 0 Å². The third-order valence-electron chi connectivity index (χ3n) is 4.07. The largest absolute Gasteiger partial charge is 0.168 e. The van der Waals surface area contributed by atoms with Gasteiger partial charge in [0.05, 0.1) is 0 Å². The standard InChI is InChI=1S/C13H9.C9H7.C2H5.3ClH.Si.Ti/c1-3-7-12-10(5-1)9-11-6-2-4-8-13(11)12;1-2-5-9-7-3-6-8(9)4-1;1-2;;;;;/h1-9H;1-7H;1H2,2H3;3*1H;;/q3*-1;;;;;+1/p-1. The number of hydrogen-bond donors (Lipinski definition) is 0. The summed E-state index contributed by atoms with van der Waals surface area (Å²) in [6.45, 7) is 5.00. The molecule has 0 bridgehead atoms. The number of hydrogen-bond acceptors (Lipinski definition) is 0. The summed E-state index contributed by atoms with van der Waals surface area (Å²) in [7, 11) is 8.11. The van der Waals surface area contributed by atoms with Crippen LogP contribution in [0.15, 0.2) is 97.1 Å². The Morgan fingerprint density at radius 3 is 1.62 bits per heavy atom. The molecule has 0 fully saturated rings. The van der Waals surface area contributed by atoms with Gasteiger partial charge in [-0.2, -0.15) is 24.4 Å². The summed E-state index contributed by atoms with van der Waals surface area (Å²) < 4.78 is 0. The van der Waals surface area contributed by atoms with Crippen LogP contribution in [0.3, 0.4) is 0 Å². The maximum atomic E-state index is 5.04. The number of fused-ring (bicyclic) bond motifs is 4. The van der Waals surface area contributed by atoms with Gasteiger partial charge in [-0.25, -0.2) is 0 Å². The van der Waals surface area contributed by atoms with Gasteiger partial charge in [-0.05, 0) is 0 Å². The summed E-state index contributed by atoms with van der Waals surface area (Å²) in [6, 6.07) is 33.9. The number of rotatable bonds is 0. The van der Waals surface area contributed by atoms with E-state index in [0.29, 0.717) is 0 Å². The van der Waals surface area contributed by atoms with E-state index in [-0.39, 0.29) is 41.6 Å². The Labute approximate surface area is 200 Å². The summed E-state index contributed by atoms with van der Waals surface area (Å²) >= 11 is -0.222. The van der Waals surface area contributed by atoms with Gasteiger partial charge in [-0.1, -0.05) is 42.5 Å². The zero-order chi connectivity index (χ0) is 19.5. The Kier molecular flexibility index (Phi) is 15.2. The van der Waals surface area contributed by atoms with Crippen molar-refractivity contribution < 1.29 is 16.8 Å². The Bertz CT molecular complexity index is 1020. The predicted octanol–water partition coefficient (Wildman–Crippen LogP) is 8.26. The van der Waals surface area contributed by atoms with Crippen LogP contribution >= 0.6 is 34.1 Å². The van der Waals surface area contributed by atoms with Crippen LogP contribution < -0.4 is 0 Å². The van der Waals surface area contributed by atoms with E-state index in [2.05, 4.69) is 112 Å². The van der Waals surface area contributed by atoms with Crippen LogP contribution in [0, 0.1) is 6.92 Å². The van der Waals surface area contributed by atoms with Gasteiger partial charge < -0.3 is 6.92 Å². The Hall–Kier alpha value is -1.06.